The standard InChI is InChI=1S/C29H52O6/c1-8-9-10-15-18-24-21-20-23(22-25(24)27(31)33-35-29(5,6)7)17-14-12-11-13-16-19-26(30)32-34-28(2,3)4/h20-21,23-25H,8-19,22H2,1-7H3. The molecule has 0 aromatic heterocycles. The van der Waals surface area contributed by atoms with Gasteiger partial charge in [0.2, 0.25) is 0 Å². The van der Waals surface area contributed by atoms with Crippen LogP contribution in [0.1, 0.15) is 132 Å². The van der Waals surface area contributed by atoms with Crippen LogP contribution in [-0.4, -0.2) is 23.1 Å². The van der Waals surface area contributed by atoms with Crippen molar-refractivity contribution in [3.05, 3.63) is 12.2 Å². The van der Waals surface area contributed by atoms with Gasteiger partial charge in [0.05, 0.1) is 5.92 Å². The highest BCUT2D eigenvalue weighted by Crippen LogP contribution is 2.35. The van der Waals surface area contributed by atoms with Crippen molar-refractivity contribution in [3.63, 3.8) is 0 Å². The Balaban J connectivity index is 2.38. The van der Waals surface area contributed by atoms with Crippen molar-refractivity contribution in [2.75, 3.05) is 0 Å². The molecule has 0 aromatic rings. The first kappa shape index (κ1) is 31.6. The minimum Gasteiger partial charge on any atom is -0.298 e. The first-order valence-electron chi connectivity index (χ1n) is 13.9. The van der Waals surface area contributed by atoms with Crippen molar-refractivity contribution in [2.24, 2.45) is 17.8 Å². The van der Waals surface area contributed by atoms with E-state index in [-0.39, 0.29) is 23.8 Å². The van der Waals surface area contributed by atoms with E-state index in [1.54, 1.807) is 0 Å². The van der Waals surface area contributed by atoms with Gasteiger partial charge >= 0.3 is 11.9 Å². The molecule has 6 heteroatoms. The van der Waals surface area contributed by atoms with Crippen LogP contribution < -0.4 is 0 Å². The fourth-order valence-corrected chi connectivity index (χ4v) is 4.25. The van der Waals surface area contributed by atoms with Crippen LogP contribution in [0, 0.1) is 17.8 Å². The van der Waals surface area contributed by atoms with E-state index in [0.717, 1.165) is 57.8 Å². The molecule has 1 aliphatic carbocycles. The third-order valence-corrected chi connectivity index (χ3v) is 6.11. The Morgan fingerprint density at radius 1 is 0.743 bits per heavy atom. The highest BCUT2D eigenvalue weighted by molar-refractivity contribution is 5.72. The highest BCUT2D eigenvalue weighted by atomic mass is 17.2. The fraction of sp³-hybridized carbons (Fsp3) is 0.862. The molecule has 0 fully saturated rings. The lowest BCUT2D eigenvalue weighted by molar-refractivity contribution is -0.324. The number of hydrogen-bond acceptors (Lipinski definition) is 6. The second-order valence-corrected chi connectivity index (χ2v) is 12.1. The number of hydrogen-bond donors (Lipinski definition) is 0. The zero-order valence-electron chi connectivity index (χ0n) is 23.5. The van der Waals surface area contributed by atoms with Gasteiger partial charge in [-0.05, 0) is 79.1 Å². The Morgan fingerprint density at radius 3 is 1.97 bits per heavy atom. The van der Waals surface area contributed by atoms with Gasteiger partial charge in [-0.15, -0.1) is 0 Å². The Morgan fingerprint density at radius 2 is 1.31 bits per heavy atom. The summed E-state index contributed by atoms with van der Waals surface area (Å²) in [7, 11) is 0. The van der Waals surface area contributed by atoms with Gasteiger partial charge in [0.25, 0.3) is 0 Å². The van der Waals surface area contributed by atoms with Crippen LogP contribution in [0.2, 0.25) is 0 Å². The van der Waals surface area contributed by atoms with Crippen LogP contribution >= 0.6 is 0 Å². The Kier molecular flexibility index (Phi) is 14.8. The number of unbranched alkanes of at least 4 members (excludes halogenated alkanes) is 7. The van der Waals surface area contributed by atoms with Gasteiger partial charge < -0.3 is 0 Å². The molecule has 0 bridgehead atoms. The molecule has 35 heavy (non-hydrogen) atoms. The molecule has 3 atom stereocenters. The molecule has 1 aliphatic rings. The molecule has 204 valence electrons. The molecular formula is C29H52O6. The summed E-state index contributed by atoms with van der Waals surface area (Å²) in [5.74, 6) is -0.0166. The zero-order valence-corrected chi connectivity index (χ0v) is 23.5. The molecule has 6 nitrogen and oxygen atoms in total. The molecule has 0 amide bonds. The first-order valence-corrected chi connectivity index (χ1v) is 13.9. The van der Waals surface area contributed by atoms with Crippen LogP contribution in [0.15, 0.2) is 12.2 Å². The number of carbonyl (C=O) groups is 2. The minimum atomic E-state index is -0.507. The summed E-state index contributed by atoms with van der Waals surface area (Å²) in [6.45, 7) is 13.4. The zero-order chi connectivity index (χ0) is 26.3. The van der Waals surface area contributed by atoms with Crippen LogP contribution in [0.3, 0.4) is 0 Å². The number of allylic oxidation sites excluding steroid dienone is 2. The SMILES string of the molecule is CCCCCCC1C=CC(CCCCCCCC(=O)OOC(C)(C)C)CC1C(=O)OOC(C)(C)C. The van der Waals surface area contributed by atoms with Crippen LogP contribution in [0.25, 0.3) is 0 Å². The smallest absolute Gasteiger partial charge is 0.298 e. The van der Waals surface area contributed by atoms with Crippen molar-refractivity contribution in [1.29, 1.82) is 0 Å². The van der Waals surface area contributed by atoms with E-state index in [4.69, 9.17) is 19.6 Å². The van der Waals surface area contributed by atoms with E-state index in [0.29, 0.717) is 12.3 Å². The molecule has 0 saturated heterocycles. The lowest BCUT2D eigenvalue weighted by Crippen LogP contribution is -2.32. The first-order chi connectivity index (χ1) is 16.4. The van der Waals surface area contributed by atoms with Crippen LogP contribution in [-0.2, 0) is 29.1 Å². The second kappa shape index (κ2) is 16.4. The van der Waals surface area contributed by atoms with Crippen molar-refractivity contribution in [3.8, 4) is 0 Å². The van der Waals surface area contributed by atoms with E-state index in [2.05, 4.69) is 19.1 Å². The molecular weight excluding hydrogens is 444 g/mol. The lowest BCUT2D eigenvalue weighted by Gasteiger charge is -2.31. The van der Waals surface area contributed by atoms with Crippen LogP contribution in [0.5, 0.6) is 0 Å². The summed E-state index contributed by atoms with van der Waals surface area (Å²) in [5, 5.41) is 0. The lowest BCUT2D eigenvalue weighted by atomic mass is 9.75. The summed E-state index contributed by atoms with van der Waals surface area (Å²) in [5.41, 5.74) is -0.986. The van der Waals surface area contributed by atoms with Gasteiger partial charge in [-0.1, -0.05) is 70.4 Å². The molecule has 0 aromatic carbocycles. The summed E-state index contributed by atoms with van der Waals surface area (Å²) < 4.78 is 0. The van der Waals surface area contributed by atoms with Crippen molar-refractivity contribution in [2.45, 2.75) is 143 Å². The predicted molar refractivity (Wildman–Crippen MR) is 139 cm³/mol. The third-order valence-electron chi connectivity index (χ3n) is 6.11. The predicted octanol–water partition coefficient (Wildman–Crippen LogP) is 8.04. The van der Waals surface area contributed by atoms with Gasteiger partial charge in [0.1, 0.15) is 11.2 Å². The topological polar surface area (TPSA) is 71.1 Å². The van der Waals surface area contributed by atoms with Crippen molar-refractivity contribution >= 4 is 11.9 Å². The summed E-state index contributed by atoms with van der Waals surface area (Å²) in [6, 6.07) is 0. The molecule has 0 radical (unpaired) electrons. The molecule has 1 rings (SSSR count). The van der Waals surface area contributed by atoms with Gasteiger partial charge in [-0.2, -0.15) is 9.78 Å². The average Bonchev–Trinajstić information content (AvgIpc) is 2.77. The molecule has 0 N–H and O–H groups in total. The summed E-state index contributed by atoms with van der Waals surface area (Å²) in [6.07, 6.45) is 17.9. The normalized spacial score (nSPS) is 20.6. The molecule has 0 spiro atoms. The van der Waals surface area contributed by atoms with Crippen LogP contribution in [0.4, 0.5) is 0 Å². The van der Waals surface area contributed by atoms with E-state index in [1.165, 1.54) is 19.3 Å². The quantitative estimate of drug-likeness (QED) is 0.0931. The maximum Gasteiger partial charge on any atom is 0.346 e. The number of carbonyl (C=O) groups excluding carboxylic acids is 2. The van der Waals surface area contributed by atoms with E-state index in [1.807, 2.05) is 41.5 Å². The Hall–Kier alpha value is -1.40. The monoisotopic (exact) mass is 496 g/mol. The fourth-order valence-electron chi connectivity index (χ4n) is 4.25. The third kappa shape index (κ3) is 16.1. The Bertz CT molecular complexity index is 628. The van der Waals surface area contributed by atoms with Crippen molar-refractivity contribution in [1.82, 2.24) is 0 Å². The largest absolute Gasteiger partial charge is 0.346 e. The highest BCUT2D eigenvalue weighted by Gasteiger charge is 2.34. The van der Waals surface area contributed by atoms with Gasteiger partial charge in [-0.3, -0.25) is 9.78 Å². The molecule has 0 heterocycles. The maximum atomic E-state index is 12.9. The number of rotatable bonds is 16. The summed E-state index contributed by atoms with van der Waals surface area (Å²) >= 11 is 0. The molecule has 0 aliphatic heterocycles. The summed E-state index contributed by atoms with van der Waals surface area (Å²) in [4.78, 5) is 45.0. The maximum absolute atomic E-state index is 12.9. The second-order valence-electron chi connectivity index (χ2n) is 12.1. The van der Waals surface area contributed by atoms with Crippen molar-refractivity contribution < 1.29 is 29.1 Å². The van der Waals surface area contributed by atoms with E-state index < -0.39 is 11.2 Å². The average molecular weight is 497 g/mol. The van der Waals surface area contributed by atoms with Gasteiger partial charge in [0.15, 0.2) is 0 Å². The van der Waals surface area contributed by atoms with Gasteiger partial charge in [0, 0.05) is 6.42 Å². The molecule has 3 unspecified atom stereocenters. The molecule has 0 saturated carbocycles. The minimum absolute atomic E-state index is 0.129. The van der Waals surface area contributed by atoms with E-state index >= 15 is 0 Å². The van der Waals surface area contributed by atoms with E-state index in [9.17, 15) is 9.59 Å². The Labute approximate surface area is 214 Å². The van der Waals surface area contributed by atoms with Gasteiger partial charge in [-0.25, -0.2) is 9.59 Å².